The Morgan fingerprint density at radius 1 is 1.56 bits per heavy atom. The number of nitrogens with zero attached hydrogens (tertiary/aromatic N) is 1. The van der Waals surface area contributed by atoms with Gasteiger partial charge in [0.15, 0.2) is 0 Å². The second kappa shape index (κ2) is 1.58. The molecule has 0 atom stereocenters. The van der Waals surface area contributed by atoms with Crippen molar-refractivity contribution in [2.75, 3.05) is 0 Å². The van der Waals surface area contributed by atoms with Gasteiger partial charge in [-0.15, -0.1) is 0 Å². The van der Waals surface area contributed by atoms with E-state index in [-0.39, 0.29) is 18.1 Å². The largest absolute Gasteiger partial charge is 0.345 e. The Labute approximate surface area is 56.8 Å². The van der Waals surface area contributed by atoms with Crippen LogP contribution in [0.5, 0.6) is 0 Å². The van der Waals surface area contributed by atoms with Crippen molar-refractivity contribution in [1.82, 2.24) is 9.97 Å². The summed E-state index contributed by atoms with van der Waals surface area (Å²) in [4.78, 5) is 6.66. The molecule has 0 saturated carbocycles. The minimum absolute atomic E-state index is 0.0370. The SMILES string of the molecule is [2H]c1cc2nc[nH]c2c([2H])c1[2H]. The molecule has 44 valence electrons. The Bertz CT molecular complexity index is 435. The second-order valence-electron chi connectivity index (χ2n) is 1.70. The summed E-state index contributed by atoms with van der Waals surface area (Å²) in [6.45, 7) is 0. The highest BCUT2D eigenvalue weighted by Crippen LogP contribution is 2.05. The Morgan fingerprint density at radius 3 is 3.56 bits per heavy atom. The summed E-state index contributed by atoms with van der Waals surface area (Å²) in [5.41, 5.74) is 1.09. The molecule has 0 fully saturated rings. The summed E-state index contributed by atoms with van der Waals surface area (Å²) in [5, 5.41) is 0. The van der Waals surface area contributed by atoms with Crippen LogP contribution in [0.3, 0.4) is 0 Å². The van der Waals surface area contributed by atoms with Crippen LogP contribution in [0.15, 0.2) is 30.5 Å². The molecule has 1 N–H and O–H groups in total. The average molecular weight is 121 g/mol. The number of H-pyrrole nitrogens is 1. The van der Waals surface area contributed by atoms with Crippen LogP contribution in [0.1, 0.15) is 4.11 Å². The lowest BCUT2D eigenvalue weighted by molar-refractivity contribution is 1.34. The number of nitrogens with one attached hydrogen (secondary N) is 1. The molecule has 0 spiro atoms. The zero-order valence-electron chi connectivity index (χ0n) is 7.60. The van der Waals surface area contributed by atoms with E-state index in [2.05, 4.69) is 9.97 Å². The number of fused-ring (bicyclic) bond motifs is 1. The van der Waals surface area contributed by atoms with E-state index in [0.717, 1.165) is 0 Å². The predicted molar refractivity (Wildman–Crippen MR) is 36.1 cm³/mol. The van der Waals surface area contributed by atoms with E-state index >= 15 is 0 Å². The third-order valence-electron chi connectivity index (χ3n) is 1.14. The van der Waals surface area contributed by atoms with Crippen LogP contribution < -0.4 is 0 Å². The molecule has 2 nitrogen and oxygen atoms in total. The number of hydrogen-bond donors (Lipinski definition) is 1. The first kappa shape index (κ1) is 2.52. The summed E-state index contributed by atoms with van der Waals surface area (Å²) in [5.74, 6) is 0. The standard InChI is InChI=1S/C7H6N2/c1-2-4-7-6(3-1)8-5-9-7/h1-5H,(H,8,9)/i1D,2D,3D. The zero-order valence-corrected chi connectivity index (χ0v) is 4.60. The molecule has 0 radical (unpaired) electrons. The van der Waals surface area contributed by atoms with Gasteiger partial charge >= 0.3 is 0 Å². The van der Waals surface area contributed by atoms with Gasteiger partial charge in [-0.2, -0.15) is 0 Å². The number of hydrogen-bond acceptors (Lipinski definition) is 1. The maximum atomic E-state index is 7.47. The van der Waals surface area contributed by atoms with Crippen LogP contribution in [-0.2, 0) is 0 Å². The van der Waals surface area contributed by atoms with Gasteiger partial charge in [0.1, 0.15) is 0 Å². The molecule has 1 aromatic carbocycles. The van der Waals surface area contributed by atoms with Crippen molar-refractivity contribution >= 4 is 11.0 Å². The number of benzene rings is 1. The quantitative estimate of drug-likeness (QED) is 0.563. The van der Waals surface area contributed by atoms with E-state index in [1.807, 2.05) is 0 Å². The summed E-state index contributed by atoms with van der Waals surface area (Å²) >= 11 is 0. The molecule has 0 aliphatic carbocycles. The lowest BCUT2D eigenvalue weighted by Crippen LogP contribution is -1.63. The van der Waals surface area contributed by atoms with Gasteiger partial charge in [-0.05, 0) is 12.1 Å². The third kappa shape index (κ3) is 0.598. The molecule has 9 heavy (non-hydrogen) atoms. The van der Waals surface area contributed by atoms with E-state index in [1.54, 1.807) is 0 Å². The van der Waals surface area contributed by atoms with Crippen molar-refractivity contribution < 1.29 is 4.11 Å². The van der Waals surface area contributed by atoms with E-state index in [0.29, 0.717) is 11.0 Å². The van der Waals surface area contributed by atoms with Crippen molar-refractivity contribution in [3.63, 3.8) is 0 Å². The minimum atomic E-state index is -0.0632. The maximum Gasteiger partial charge on any atom is 0.0931 e. The number of aromatic nitrogens is 2. The summed E-state index contributed by atoms with van der Waals surface area (Å²) < 4.78 is 22.1. The van der Waals surface area contributed by atoms with Crippen molar-refractivity contribution in [1.29, 1.82) is 0 Å². The van der Waals surface area contributed by atoms with Gasteiger partial charge in [-0.3, -0.25) is 0 Å². The van der Waals surface area contributed by atoms with Gasteiger partial charge in [-0.25, -0.2) is 4.98 Å². The van der Waals surface area contributed by atoms with Crippen LogP contribution in [-0.4, -0.2) is 9.97 Å². The first-order valence-electron chi connectivity index (χ1n) is 4.10. The molecule has 0 unspecified atom stereocenters. The summed E-state index contributed by atoms with van der Waals surface area (Å²) in [7, 11) is 0. The van der Waals surface area contributed by atoms with Gasteiger partial charge in [0.05, 0.1) is 21.5 Å². The van der Waals surface area contributed by atoms with Gasteiger partial charge in [-0.1, -0.05) is 12.1 Å². The first-order valence-corrected chi connectivity index (χ1v) is 2.60. The first-order chi connectivity index (χ1) is 5.70. The molecule has 2 aromatic rings. The Morgan fingerprint density at radius 2 is 2.56 bits per heavy atom. The fourth-order valence-corrected chi connectivity index (χ4v) is 0.717. The van der Waals surface area contributed by atoms with Crippen LogP contribution in [0, 0.1) is 0 Å². The lowest BCUT2D eigenvalue weighted by atomic mass is 10.3. The topological polar surface area (TPSA) is 28.7 Å². The molecule has 0 aliphatic heterocycles. The van der Waals surface area contributed by atoms with Crippen molar-refractivity contribution in [3.8, 4) is 0 Å². The molecular weight excluding hydrogens is 112 g/mol. The second-order valence-corrected chi connectivity index (χ2v) is 1.70. The van der Waals surface area contributed by atoms with Crippen LogP contribution in [0.2, 0.25) is 0 Å². The van der Waals surface area contributed by atoms with Crippen LogP contribution in [0.4, 0.5) is 0 Å². The summed E-state index contributed by atoms with van der Waals surface area (Å²) in [6, 6.07) is 1.49. The summed E-state index contributed by atoms with van der Waals surface area (Å²) in [6.07, 6.45) is 1.46. The molecule has 1 aromatic heterocycles. The molecule has 0 saturated heterocycles. The molecule has 0 amide bonds. The lowest BCUT2D eigenvalue weighted by Gasteiger charge is -1.81. The van der Waals surface area contributed by atoms with Crippen molar-refractivity contribution in [2.24, 2.45) is 0 Å². The molecular formula is C7H6N2. The van der Waals surface area contributed by atoms with Crippen molar-refractivity contribution in [2.45, 2.75) is 0 Å². The van der Waals surface area contributed by atoms with E-state index in [1.165, 1.54) is 12.4 Å². The minimum Gasteiger partial charge on any atom is -0.345 e. The number of aromatic amines is 1. The van der Waals surface area contributed by atoms with Gasteiger partial charge < -0.3 is 4.98 Å². The highest BCUT2D eigenvalue weighted by Gasteiger charge is 1.88. The predicted octanol–water partition coefficient (Wildman–Crippen LogP) is 1.56. The molecule has 1 heterocycles. The Balaban J connectivity index is 2.94. The highest BCUT2D eigenvalue weighted by atomic mass is 14.9. The van der Waals surface area contributed by atoms with Crippen LogP contribution >= 0.6 is 0 Å². The van der Waals surface area contributed by atoms with Gasteiger partial charge in [0.25, 0.3) is 0 Å². The number of imidazole rings is 1. The Hall–Kier alpha value is -1.31. The molecule has 0 bridgehead atoms. The van der Waals surface area contributed by atoms with E-state index < -0.39 is 0 Å². The number of rotatable bonds is 0. The average Bonchev–Trinajstić information content (AvgIpc) is 2.48. The fraction of sp³-hybridized carbons (Fsp3) is 0. The third-order valence-corrected chi connectivity index (χ3v) is 1.14. The smallest absolute Gasteiger partial charge is 0.0931 e. The maximum absolute atomic E-state index is 7.47. The van der Waals surface area contributed by atoms with E-state index in [9.17, 15) is 0 Å². The van der Waals surface area contributed by atoms with Gasteiger partial charge in [0.2, 0.25) is 0 Å². The fourth-order valence-electron chi connectivity index (χ4n) is 0.717. The van der Waals surface area contributed by atoms with Crippen molar-refractivity contribution in [3.05, 3.63) is 30.5 Å². The van der Waals surface area contributed by atoms with Crippen LogP contribution in [0.25, 0.3) is 11.0 Å². The Kier molecular flexibility index (Phi) is 0.444. The normalized spacial score (nSPS) is 14.9. The molecule has 2 heteroatoms. The molecule has 2 rings (SSSR count). The monoisotopic (exact) mass is 121 g/mol. The van der Waals surface area contributed by atoms with Gasteiger partial charge in [0, 0.05) is 0 Å². The highest BCUT2D eigenvalue weighted by molar-refractivity contribution is 5.73. The zero-order chi connectivity index (χ0) is 8.72. The van der Waals surface area contributed by atoms with E-state index in [4.69, 9.17) is 4.11 Å². The molecule has 0 aliphatic rings. The number of para-hydroxylation sites is 2.